The van der Waals surface area contributed by atoms with Crippen molar-refractivity contribution in [2.24, 2.45) is 0 Å². The summed E-state index contributed by atoms with van der Waals surface area (Å²) in [4.78, 5) is 14.5. The third-order valence-electron chi connectivity index (χ3n) is 2.31. The zero-order chi connectivity index (χ0) is 14.5. The van der Waals surface area contributed by atoms with Crippen LogP contribution >= 0.6 is 15.9 Å². The van der Waals surface area contributed by atoms with Crippen molar-refractivity contribution in [1.82, 2.24) is 4.98 Å². The van der Waals surface area contributed by atoms with Crippen LogP contribution in [0.2, 0.25) is 0 Å². The largest absolute Gasteiger partial charge is 0.478 e. The molecular formula is C14H9BrFNO3. The number of carboxylic acids is 1. The van der Waals surface area contributed by atoms with Gasteiger partial charge in [-0.3, -0.25) is 0 Å². The van der Waals surface area contributed by atoms with E-state index < -0.39 is 11.8 Å². The quantitative estimate of drug-likeness (QED) is 0.860. The Bertz CT molecular complexity index is 673. The van der Waals surface area contributed by atoms with Gasteiger partial charge in [0, 0.05) is 22.3 Å². The Morgan fingerprint density at radius 1 is 1.40 bits per heavy atom. The van der Waals surface area contributed by atoms with E-state index in [9.17, 15) is 9.18 Å². The van der Waals surface area contributed by atoms with Crippen molar-refractivity contribution in [3.05, 3.63) is 58.5 Å². The Labute approximate surface area is 122 Å². The fourth-order valence-electron chi connectivity index (χ4n) is 1.44. The van der Waals surface area contributed by atoms with Crippen LogP contribution in [-0.4, -0.2) is 16.1 Å². The van der Waals surface area contributed by atoms with E-state index in [2.05, 4.69) is 20.9 Å². The molecule has 0 atom stereocenters. The minimum absolute atomic E-state index is 0.0110. The van der Waals surface area contributed by atoms with E-state index in [-0.39, 0.29) is 11.6 Å². The lowest BCUT2D eigenvalue weighted by Gasteiger charge is -2.08. The maximum atomic E-state index is 13.7. The zero-order valence-corrected chi connectivity index (χ0v) is 11.7. The van der Waals surface area contributed by atoms with Gasteiger partial charge in [-0.15, -0.1) is 0 Å². The highest BCUT2D eigenvalue weighted by molar-refractivity contribution is 9.10. The van der Waals surface area contributed by atoms with Gasteiger partial charge in [0.2, 0.25) is 5.88 Å². The number of carbonyl (C=O) groups is 1. The molecule has 0 aliphatic rings. The van der Waals surface area contributed by atoms with Crippen molar-refractivity contribution in [2.75, 3.05) is 0 Å². The van der Waals surface area contributed by atoms with Crippen molar-refractivity contribution in [1.29, 1.82) is 0 Å². The third-order valence-corrected chi connectivity index (χ3v) is 2.80. The van der Waals surface area contributed by atoms with Gasteiger partial charge in [-0.2, -0.15) is 0 Å². The van der Waals surface area contributed by atoms with Gasteiger partial charge in [-0.25, -0.2) is 14.2 Å². The van der Waals surface area contributed by atoms with Gasteiger partial charge >= 0.3 is 5.97 Å². The van der Waals surface area contributed by atoms with Gasteiger partial charge < -0.3 is 9.84 Å². The molecule has 0 saturated carbocycles. The summed E-state index contributed by atoms with van der Waals surface area (Å²) < 4.78 is 19.7. The summed E-state index contributed by atoms with van der Waals surface area (Å²) in [5, 5.41) is 8.62. The maximum Gasteiger partial charge on any atom is 0.328 e. The Hall–Kier alpha value is -2.21. The molecule has 0 saturated heterocycles. The first-order chi connectivity index (χ1) is 9.56. The molecule has 0 unspecified atom stereocenters. The summed E-state index contributed by atoms with van der Waals surface area (Å²) in [6.07, 6.45) is 3.77. The van der Waals surface area contributed by atoms with Crippen LogP contribution in [0.15, 0.2) is 47.1 Å². The first-order valence-corrected chi connectivity index (χ1v) is 6.34. The van der Waals surface area contributed by atoms with Gasteiger partial charge in [0.05, 0.1) is 0 Å². The Balaban J connectivity index is 2.31. The van der Waals surface area contributed by atoms with Crippen LogP contribution in [0.4, 0.5) is 4.39 Å². The molecule has 1 aromatic heterocycles. The lowest BCUT2D eigenvalue weighted by molar-refractivity contribution is -0.131. The standard InChI is InChI=1S/C14H9BrFNO3/c15-10-4-5-12(11(16)8-10)20-14-9(2-1-7-17-14)3-6-13(18)19/h1-8H,(H,18,19)/b6-3+. The molecule has 0 aliphatic carbocycles. The number of pyridine rings is 1. The van der Waals surface area contributed by atoms with E-state index in [1.807, 2.05) is 0 Å². The number of halogens is 2. The molecule has 0 amide bonds. The van der Waals surface area contributed by atoms with Gasteiger partial charge in [0.1, 0.15) is 0 Å². The molecule has 1 aromatic carbocycles. The van der Waals surface area contributed by atoms with Gasteiger partial charge in [0.15, 0.2) is 11.6 Å². The topological polar surface area (TPSA) is 59.4 Å². The van der Waals surface area contributed by atoms with Crippen molar-refractivity contribution < 1.29 is 19.0 Å². The van der Waals surface area contributed by atoms with E-state index in [1.54, 1.807) is 18.2 Å². The maximum absolute atomic E-state index is 13.7. The molecular weight excluding hydrogens is 329 g/mol. The summed E-state index contributed by atoms with van der Waals surface area (Å²) in [5.41, 5.74) is 0.442. The second kappa shape index (κ2) is 6.29. The molecule has 2 rings (SSSR count). The predicted molar refractivity (Wildman–Crippen MR) is 75.1 cm³/mol. The lowest BCUT2D eigenvalue weighted by Crippen LogP contribution is -1.94. The average Bonchev–Trinajstić information content (AvgIpc) is 2.41. The molecule has 1 heterocycles. The Kier molecular flexibility index (Phi) is 4.47. The third kappa shape index (κ3) is 3.64. The van der Waals surface area contributed by atoms with E-state index in [4.69, 9.17) is 9.84 Å². The van der Waals surface area contributed by atoms with E-state index in [0.717, 1.165) is 6.08 Å². The van der Waals surface area contributed by atoms with Crippen LogP contribution in [0.5, 0.6) is 11.6 Å². The Morgan fingerprint density at radius 2 is 2.20 bits per heavy atom. The highest BCUT2D eigenvalue weighted by Crippen LogP contribution is 2.28. The number of aliphatic carboxylic acids is 1. The number of hydrogen-bond acceptors (Lipinski definition) is 3. The number of hydrogen-bond donors (Lipinski definition) is 1. The van der Waals surface area contributed by atoms with Gasteiger partial charge in [-0.1, -0.05) is 15.9 Å². The number of aromatic nitrogens is 1. The molecule has 0 aliphatic heterocycles. The minimum Gasteiger partial charge on any atom is -0.478 e. The Morgan fingerprint density at radius 3 is 2.90 bits per heavy atom. The number of carboxylic acid groups (broad SMARTS) is 1. The molecule has 1 N–H and O–H groups in total. The second-order valence-electron chi connectivity index (χ2n) is 3.75. The van der Waals surface area contributed by atoms with Crippen LogP contribution < -0.4 is 4.74 Å². The van der Waals surface area contributed by atoms with Crippen LogP contribution in [-0.2, 0) is 4.79 Å². The minimum atomic E-state index is -1.09. The fraction of sp³-hybridized carbons (Fsp3) is 0. The van der Waals surface area contributed by atoms with E-state index in [1.165, 1.54) is 24.4 Å². The van der Waals surface area contributed by atoms with Crippen molar-refractivity contribution >= 4 is 28.0 Å². The monoisotopic (exact) mass is 337 g/mol. The van der Waals surface area contributed by atoms with Crippen LogP contribution in [0.1, 0.15) is 5.56 Å². The summed E-state index contributed by atoms with van der Waals surface area (Å²) in [6.45, 7) is 0. The SMILES string of the molecule is O=C(O)/C=C/c1cccnc1Oc1ccc(Br)cc1F. The molecule has 0 fully saturated rings. The molecule has 102 valence electrons. The average molecular weight is 338 g/mol. The van der Waals surface area contributed by atoms with Crippen LogP contribution in [0.25, 0.3) is 6.08 Å². The number of benzene rings is 1. The predicted octanol–water partition coefficient (Wildman–Crippen LogP) is 3.87. The van der Waals surface area contributed by atoms with Gasteiger partial charge in [0.25, 0.3) is 0 Å². The molecule has 20 heavy (non-hydrogen) atoms. The lowest BCUT2D eigenvalue weighted by atomic mass is 10.2. The van der Waals surface area contributed by atoms with Crippen molar-refractivity contribution in [3.63, 3.8) is 0 Å². The normalized spacial score (nSPS) is 10.7. The summed E-state index contributed by atoms with van der Waals surface area (Å²) >= 11 is 3.15. The molecule has 0 spiro atoms. The number of rotatable bonds is 4. The number of nitrogens with zero attached hydrogens (tertiary/aromatic N) is 1. The highest BCUT2D eigenvalue weighted by Gasteiger charge is 2.08. The fourth-order valence-corrected chi connectivity index (χ4v) is 1.77. The zero-order valence-electron chi connectivity index (χ0n) is 10.1. The second-order valence-corrected chi connectivity index (χ2v) is 4.66. The molecule has 2 aromatic rings. The van der Waals surface area contributed by atoms with Gasteiger partial charge in [-0.05, 0) is 36.4 Å². The molecule has 4 nitrogen and oxygen atoms in total. The molecule has 0 radical (unpaired) electrons. The highest BCUT2D eigenvalue weighted by atomic mass is 79.9. The molecule has 0 bridgehead atoms. The first-order valence-electron chi connectivity index (χ1n) is 5.55. The van der Waals surface area contributed by atoms with Crippen molar-refractivity contribution in [3.8, 4) is 11.6 Å². The summed E-state index contributed by atoms with van der Waals surface area (Å²) in [7, 11) is 0. The van der Waals surface area contributed by atoms with Crippen molar-refractivity contribution in [2.45, 2.75) is 0 Å². The summed E-state index contributed by atoms with van der Waals surface area (Å²) in [6, 6.07) is 7.61. The van der Waals surface area contributed by atoms with E-state index >= 15 is 0 Å². The van der Waals surface area contributed by atoms with E-state index in [0.29, 0.717) is 10.0 Å². The van der Waals surface area contributed by atoms with Crippen LogP contribution in [0, 0.1) is 5.82 Å². The van der Waals surface area contributed by atoms with Crippen LogP contribution in [0.3, 0.4) is 0 Å². The summed E-state index contributed by atoms with van der Waals surface area (Å²) in [5.74, 6) is -1.49. The first kappa shape index (κ1) is 14.2. The number of ether oxygens (including phenoxy) is 1. The molecule has 6 heteroatoms. The smallest absolute Gasteiger partial charge is 0.328 e.